The van der Waals surface area contributed by atoms with Crippen molar-refractivity contribution >= 4 is 38.4 Å². The molecule has 0 fully saturated rings. The van der Waals surface area contributed by atoms with Gasteiger partial charge in [0.15, 0.2) is 5.69 Å². The van der Waals surface area contributed by atoms with Crippen molar-refractivity contribution in [3.63, 3.8) is 0 Å². The molecule has 1 heterocycles. The molecule has 0 spiro atoms. The molecule has 4 N–H and O–H groups in total. The van der Waals surface area contributed by atoms with Gasteiger partial charge in [0.2, 0.25) is 5.88 Å². The Kier molecular flexibility index (Phi) is 3.98. The van der Waals surface area contributed by atoms with Crippen molar-refractivity contribution in [1.82, 2.24) is 4.98 Å². The number of amides is 1. The number of rotatable bonds is 2. The number of carbonyl (C=O) groups is 1. The van der Waals surface area contributed by atoms with E-state index in [0.717, 1.165) is 28.2 Å². The van der Waals surface area contributed by atoms with Crippen LogP contribution in [0, 0.1) is 6.92 Å². The second-order valence-corrected chi connectivity index (χ2v) is 5.98. The highest BCUT2D eigenvalue weighted by Crippen LogP contribution is 2.41. The number of benzene rings is 2. The molecular formula is C16H12BrN3O4. The highest BCUT2D eigenvalue weighted by atomic mass is 79.9. The maximum atomic E-state index is 12.1. The molecule has 0 saturated heterocycles. The largest absolute Gasteiger partial charge is 0.508 e. The number of halogens is 1. The Balaban J connectivity index is 2.03. The average molecular weight is 390 g/mol. The number of phenolic OH excluding ortho intramolecular Hbond substituents is 2. The predicted octanol–water partition coefficient (Wildman–Crippen LogP) is 4.28. The van der Waals surface area contributed by atoms with Crippen molar-refractivity contribution in [3.05, 3.63) is 45.9 Å². The molecule has 24 heavy (non-hydrogen) atoms. The molecule has 122 valence electrons. The summed E-state index contributed by atoms with van der Waals surface area (Å²) in [4.78, 5) is 14.8. The summed E-state index contributed by atoms with van der Waals surface area (Å²) >= 11 is 3.43. The fourth-order valence-electron chi connectivity index (χ4n) is 2.29. The van der Waals surface area contributed by atoms with Crippen LogP contribution in [0.4, 0.5) is 5.69 Å². The molecule has 0 bridgehead atoms. The molecule has 8 heteroatoms. The third-order valence-electron chi connectivity index (χ3n) is 3.44. The molecule has 1 amide bonds. The molecule has 0 aliphatic carbocycles. The second-order valence-electron chi connectivity index (χ2n) is 5.18. The number of aromatic hydroxyl groups is 3. The van der Waals surface area contributed by atoms with Crippen LogP contribution in [0.3, 0.4) is 0 Å². The van der Waals surface area contributed by atoms with Gasteiger partial charge in [0.05, 0.1) is 11.1 Å². The quantitative estimate of drug-likeness (QED) is 0.489. The van der Waals surface area contributed by atoms with Crippen LogP contribution in [0.5, 0.6) is 17.4 Å². The van der Waals surface area contributed by atoms with Crippen molar-refractivity contribution in [2.24, 2.45) is 10.2 Å². The van der Waals surface area contributed by atoms with Crippen LogP contribution in [0.2, 0.25) is 0 Å². The molecule has 2 aromatic carbocycles. The van der Waals surface area contributed by atoms with Gasteiger partial charge in [0.1, 0.15) is 11.5 Å². The second kappa shape index (κ2) is 5.97. The first-order chi connectivity index (χ1) is 11.4. The van der Waals surface area contributed by atoms with Crippen LogP contribution in [-0.2, 0) is 0 Å². The first-order valence-corrected chi connectivity index (χ1v) is 7.65. The third-order valence-corrected chi connectivity index (χ3v) is 4.46. The van der Waals surface area contributed by atoms with E-state index in [1.165, 1.54) is 0 Å². The highest BCUT2D eigenvalue weighted by Gasteiger charge is 2.16. The number of aromatic nitrogens is 1. The fraction of sp³-hybridized carbons (Fsp3) is 0.0625. The summed E-state index contributed by atoms with van der Waals surface area (Å²) in [6, 6.07) is 7.07. The topological polar surface area (TPSA) is 118 Å². The number of aromatic amines is 1. The predicted molar refractivity (Wildman–Crippen MR) is 91.0 cm³/mol. The average Bonchev–Trinajstić information content (AvgIpc) is 2.84. The maximum Gasteiger partial charge on any atom is 0.295 e. The Bertz CT molecular complexity index is 974. The summed E-state index contributed by atoms with van der Waals surface area (Å²) in [5, 5.41) is 36.8. The Morgan fingerprint density at radius 1 is 1.12 bits per heavy atom. The molecule has 1 aromatic heterocycles. The lowest BCUT2D eigenvalue weighted by atomic mass is 10.1. The van der Waals surface area contributed by atoms with E-state index in [0.29, 0.717) is 10.9 Å². The molecule has 0 radical (unpaired) electrons. The van der Waals surface area contributed by atoms with Crippen LogP contribution in [0.1, 0.15) is 15.9 Å². The van der Waals surface area contributed by atoms with Crippen molar-refractivity contribution in [1.29, 1.82) is 0 Å². The summed E-state index contributed by atoms with van der Waals surface area (Å²) in [5.74, 6) is -1.51. The smallest absolute Gasteiger partial charge is 0.295 e. The van der Waals surface area contributed by atoms with E-state index in [1.54, 1.807) is 6.07 Å². The number of hydrogen-bond donors (Lipinski definition) is 4. The zero-order valence-corrected chi connectivity index (χ0v) is 14.0. The van der Waals surface area contributed by atoms with Crippen LogP contribution >= 0.6 is 15.9 Å². The van der Waals surface area contributed by atoms with Gasteiger partial charge in [-0.25, -0.2) is 0 Å². The minimum absolute atomic E-state index is 0.0224. The van der Waals surface area contributed by atoms with Crippen LogP contribution in [0.15, 0.2) is 45.0 Å². The summed E-state index contributed by atoms with van der Waals surface area (Å²) in [7, 11) is 0. The Morgan fingerprint density at radius 3 is 2.46 bits per heavy atom. The van der Waals surface area contributed by atoms with Crippen molar-refractivity contribution in [2.45, 2.75) is 6.92 Å². The molecule has 3 rings (SSSR count). The molecule has 0 unspecified atom stereocenters. The Labute approximate surface area is 144 Å². The molecule has 0 aliphatic rings. The van der Waals surface area contributed by atoms with Gasteiger partial charge in [-0.3, -0.25) is 4.79 Å². The van der Waals surface area contributed by atoms with Gasteiger partial charge in [-0.15, -0.1) is 10.2 Å². The van der Waals surface area contributed by atoms with E-state index in [-0.39, 0.29) is 28.6 Å². The molecular weight excluding hydrogens is 378 g/mol. The standard InChI is InChI=1S/C16H12BrN3O4/c1-7-2-3-11-12(13(7)17)14(16(24)18-11)19-20-15(23)8-4-9(21)6-10(22)5-8/h2-6,18,21-22,24H,1H3. The zero-order chi connectivity index (χ0) is 17.4. The number of phenols is 2. The molecule has 0 atom stereocenters. The van der Waals surface area contributed by atoms with E-state index in [9.17, 15) is 20.1 Å². The minimum Gasteiger partial charge on any atom is -0.508 e. The summed E-state index contributed by atoms with van der Waals surface area (Å²) < 4.78 is 0.730. The van der Waals surface area contributed by atoms with E-state index >= 15 is 0 Å². The van der Waals surface area contributed by atoms with E-state index in [2.05, 4.69) is 31.1 Å². The molecule has 0 aliphatic heterocycles. The first kappa shape index (κ1) is 16.0. The van der Waals surface area contributed by atoms with Gasteiger partial charge in [0, 0.05) is 15.9 Å². The van der Waals surface area contributed by atoms with Crippen molar-refractivity contribution in [3.8, 4) is 17.4 Å². The summed E-state index contributed by atoms with van der Waals surface area (Å²) in [5.41, 5.74) is 1.67. The van der Waals surface area contributed by atoms with E-state index in [1.807, 2.05) is 13.0 Å². The van der Waals surface area contributed by atoms with Crippen LogP contribution in [0.25, 0.3) is 10.9 Å². The molecule has 7 nitrogen and oxygen atoms in total. The number of H-pyrrole nitrogens is 1. The fourth-order valence-corrected chi connectivity index (χ4v) is 2.82. The Hall–Kier alpha value is -2.87. The monoisotopic (exact) mass is 389 g/mol. The lowest BCUT2D eigenvalue weighted by Gasteiger charge is -2.00. The van der Waals surface area contributed by atoms with Crippen LogP contribution in [-0.4, -0.2) is 26.2 Å². The normalized spacial score (nSPS) is 11.4. The zero-order valence-electron chi connectivity index (χ0n) is 12.4. The van der Waals surface area contributed by atoms with E-state index in [4.69, 9.17) is 0 Å². The lowest BCUT2D eigenvalue weighted by Crippen LogP contribution is -1.93. The van der Waals surface area contributed by atoms with Crippen LogP contribution < -0.4 is 0 Å². The van der Waals surface area contributed by atoms with Crippen molar-refractivity contribution < 1.29 is 20.1 Å². The third kappa shape index (κ3) is 2.83. The lowest BCUT2D eigenvalue weighted by molar-refractivity contribution is 0.0994. The summed E-state index contributed by atoms with van der Waals surface area (Å²) in [6.07, 6.45) is 0. The number of hydrogen-bond acceptors (Lipinski definition) is 5. The molecule has 0 saturated carbocycles. The van der Waals surface area contributed by atoms with Gasteiger partial charge in [-0.05, 0) is 46.6 Å². The van der Waals surface area contributed by atoms with Gasteiger partial charge in [0.25, 0.3) is 5.91 Å². The minimum atomic E-state index is -0.765. The number of aryl methyl sites for hydroxylation is 1. The number of nitrogens with zero attached hydrogens (tertiary/aromatic N) is 2. The van der Waals surface area contributed by atoms with Gasteiger partial charge >= 0.3 is 0 Å². The maximum absolute atomic E-state index is 12.1. The first-order valence-electron chi connectivity index (χ1n) is 6.85. The van der Waals surface area contributed by atoms with Gasteiger partial charge in [-0.2, -0.15) is 0 Å². The van der Waals surface area contributed by atoms with Crippen molar-refractivity contribution in [2.75, 3.05) is 0 Å². The van der Waals surface area contributed by atoms with Gasteiger partial charge < -0.3 is 20.3 Å². The number of nitrogens with one attached hydrogen (secondary N) is 1. The SMILES string of the molecule is Cc1ccc2[nH]c(O)c(N=NC(=O)c3cc(O)cc(O)c3)c2c1Br. The molecule has 3 aromatic rings. The number of fused-ring (bicyclic) bond motifs is 1. The van der Waals surface area contributed by atoms with E-state index < -0.39 is 5.91 Å². The summed E-state index contributed by atoms with van der Waals surface area (Å²) in [6.45, 7) is 1.88. The highest BCUT2D eigenvalue weighted by molar-refractivity contribution is 9.10. The van der Waals surface area contributed by atoms with Gasteiger partial charge in [-0.1, -0.05) is 6.07 Å². The number of azo groups is 1. The Morgan fingerprint density at radius 2 is 1.79 bits per heavy atom. The number of carbonyl (C=O) groups excluding carboxylic acids is 1.